The van der Waals surface area contributed by atoms with Crippen molar-refractivity contribution in [3.05, 3.63) is 56.2 Å². The highest BCUT2D eigenvalue weighted by atomic mass is 79.9. The SMILES string of the molecule is CC(=O)c1cccc(F)c1Oc1cc(Cl)c(Br)cc1Cl. The molecule has 20 heavy (non-hydrogen) atoms. The molecule has 0 aliphatic carbocycles. The molecule has 0 aliphatic rings. The van der Waals surface area contributed by atoms with Gasteiger partial charge in [0.15, 0.2) is 17.3 Å². The first-order valence-electron chi connectivity index (χ1n) is 5.52. The van der Waals surface area contributed by atoms with E-state index in [1.54, 1.807) is 0 Å². The van der Waals surface area contributed by atoms with Gasteiger partial charge in [-0.3, -0.25) is 4.79 Å². The summed E-state index contributed by atoms with van der Waals surface area (Å²) in [5, 5.41) is 0.615. The number of benzene rings is 2. The number of ether oxygens (including phenoxy) is 1. The normalized spacial score (nSPS) is 10.4. The summed E-state index contributed by atoms with van der Waals surface area (Å²) in [6.07, 6.45) is 0. The molecule has 0 saturated carbocycles. The maximum absolute atomic E-state index is 13.8. The molecule has 6 heteroatoms. The second kappa shape index (κ2) is 6.12. The van der Waals surface area contributed by atoms with Crippen LogP contribution in [0.2, 0.25) is 10.0 Å². The van der Waals surface area contributed by atoms with E-state index >= 15 is 0 Å². The molecule has 0 aliphatic heterocycles. The highest BCUT2D eigenvalue weighted by molar-refractivity contribution is 9.10. The molecular weight excluding hydrogens is 370 g/mol. The number of para-hydroxylation sites is 1. The van der Waals surface area contributed by atoms with Crippen molar-refractivity contribution in [3.8, 4) is 11.5 Å². The van der Waals surface area contributed by atoms with Gasteiger partial charge in [-0.15, -0.1) is 0 Å². The Labute approximate surface area is 133 Å². The number of carbonyl (C=O) groups excluding carboxylic acids is 1. The lowest BCUT2D eigenvalue weighted by molar-refractivity contribution is 0.101. The van der Waals surface area contributed by atoms with E-state index in [4.69, 9.17) is 27.9 Å². The Morgan fingerprint density at radius 3 is 2.60 bits per heavy atom. The largest absolute Gasteiger partial charge is 0.452 e. The molecule has 0 fully saturated rings. The van der Waals surface area contributed by atoms with Gasteiger partial charge < -0.3 is 4.74 Å². The van der Waals surface area contributed by atoms with Crippen molar-refractivity contribution < 1.29 is 13.9 Å². The minimum Gasteiger partial charge on any atom is -0.452 e. The summed E-state index contributed by atoms with van der Waals surface area (Å²) in [5.74, 6) is -0.945. The Bertz CT molecular complexity index is 689. The third-order valence-electron chi connectivity index (χ3n) is 2.53. The summed E-state index contributed by atoms with van der Waals surface area (Å²) in [6, 6.07) is 7.11. The third kappa shape index (κ3) is 3.14. The number of hydrogen-bond acceptors (Lipinski definition) is 2. The Morgan fingerprint density at radius 2 is 1.95 bits per heavy atom. The molecule has 0 amide bonds. The smallest absolute Gasteiger partial charge is 0.173 e. The minimum absolute atomic E-state index is 0.139. The fourth-order valence-electron chi connectivity index (χ4n) is 1.58. The number of carbonyl (C=O) groups is 1. The fourth-order valence-corrected chi connectivity index (χ4v) is 2.41. The van der Waals surface area contributed by atoms with E-state index in [2.05, 4.69) is 15.9 Å². The Balaban J connectivity index is 2.50. The van der Waals surface area contributed by atoms with Gasteiger partial charge in [0.05, 0.1) is 15.6 Å². The van der Waals surface area contributed by atoms with Gasteiger partial charge in [0.2, 0.25) is 0 Å². The van der Waals surface area contributed by atoms with Crippen LogP contribution in [0.3, 0.4) is 0 Å². The van der Waals surface area contributed by atoms with Crippen molar-refractivity contribution in [1.82, 2.24) is 0 Å². The molecule has 0 spiro atoms. The van der Waals surface area contributed by atoms with Gasteiger partial charge in [0.25, 0.3) is 0 Å². The van der Waals surface area contributed by atoms with Crippen molar-refractivity contribution in [2.75, 3.05) is 0 Å². The highest BCUT2D eigenvalue weighted by Gasteiger charge is 2.16. The lowest BCUT2D eigenvalue weighted by atomic mass is 10.1. The van der Waals surface area contributed by atoms with Gasteiger partial charge in [-0.05, 0) is 41.1 Å². The molecule has 0 aromatic heterocycles. The van der Waals surface area contributed by atoms with Crippen molar-refractivity contribution >= 4 is 44.9 Å². The second-order valence-electron chi connectivity index (χ2n) is 3.97. The zero-order chi connectivity index (χ0) is 14.9. The summed E-state index contributed by atoms with van der Waals surface area (Å²) < 4.78 is 19.9. The minimum atomic E-state index is -0.646. The van der Waals surface area contributed by atoms with Crippen molar-refractivity contribution in [2.45, 2.75) is 6.92 Å². The maximum Gasteiger partial charge on any atom is 0.173 e. The lowest BCUT2D eigenvalue weighted by Crippen LogP contribution is -2.00. The molecule has 0 heterocycles. The van der Waals surface area contributed by atoms with Crippen molar-refractivity contribution in [1.29, 1.82) is 0 Å². The fraction of sp³-hybridized carbons (Fsp3) is 0.0714. The number of Topliss-reactive ketones (excluding diaryl/α,β-unsaturated/α-hetero) is 1. The summed E-state index contributed by atoms with van der Waals surface area (Å²) >= 11 is 15.2. The van der Waals surface area contributed by atoms with Crippen LogP contribution in [0.4, 0.5) is 4.39 Å². The lowest BCUT2D eigenvalue weighted by Gasteiger charge is -2.12. The van der Waals surface area contributed by atoms with Crippen LogP contribution in [0.25, 0.3) is 0 Å². The Hall–Kier alpha value is -1.10. The quantitative estimate of drug-likeness (QED) is 0.492. The van der Waals surface area contributed by atoms with Crippen LogP contribution in [0.15, 0.2) is 34.8 Å². The van der Waals surface area contributed by atoms with E-state index in [0.717, 1.165) is 0 Å². The first-order chi connectivity index (χ1) is 9.40. The first-order valence-corrected chi connectivity index (χ1v) is 7.07. The van der Waals surface area contributed by atoms with Crippen LogP contribution in [0, 0.1) is 5.82 Å². The van der Waals surface area contributed by atoms with E-state index < -0.39 is 5.82 Å². The van der Waals surface area contributed by atoms with E-state index in [1.165, 1.54) is 37.3 Å². The van der Waals surface area contributed by atoms with Crippen LogP contribution in [-0.4, -0.2) is 5.78 Å². The molecule has 0 N–H and O–H groups in total. The van der Waals surface area contributed by atoms with Gasteiger partial charge in [0.1, 0.15) is 5.75 Å². The van der Waals surface area contributed by atoms with Crippen LogP contribution in [0.1, 0.15) is 17.3 Å². The highest BCUT2D eigenvalue weighted by Crippen LogP contribution is 2.38. The average Bonchev–Trinajstić information content (AvgIpc) is 2.37. The van der Waals surface area contributed by atoms with Gasteiger partial charge in [-0.25, -0.2) is 4.39 Å². The number of halogens is 4. The molecule has 104 valence electrons. The predicted octanol–water partition coefficient (Wildman–Crippen LogP) is 5.89. The molecule has 0 saturated heterocycles. The molecule has 2 aromatic rings. The van der Waals surface area contributed by atoms with E-state index in [9.17, 15) is 9.18 Å². The molecule has 2 rings (SSSR count). The third-order valence-corrected chi connectivity index (χ3v) is 4.03. The monoisotopic (exact) mass is 376 g/mol. The zero-order valence-corrected chi connectivity index (χ0v) is 13.3. The Morgan fingerprint density at radius 1 is 1.25 bits per heavy atom. The summed E-state index contributed by atoms with van der Waals surface area (Å²) in [4.78, 5) is 11.5. The molecular formula is C14H8BrCl2FO2. The number of hydrogen-bond donors (Lipinski definition) is 0. The van der Waals surface area contributed by atoms with Crippen LogP contribution < -0.4 is 4.74 Å². The topological polar surface area (TPSA) is 26.3 Å². The average molecular weight is 378 g/mol. The first kappa shape index (κ1) is 15.3. The van der Waals surface area contributed by atoms with Crippen LogP contribution in [-0.2, 0) is 0 Å². The summed E-state index contributed by atoms with van der Waals surface area (Å²) in [7, 11) is 0. The van der Waals surface area contributed by atoms with Gasteiger partial charge in [-0.1, -0.05) is 29.3 Å². The standard InChI is InChI=1S/C14H8BrCl2FO2/c1-7(19)8-3-2-4-12(18)14(8)20-13-6-10(16)9(15)5-11(13)17/h2-6H,1H3. The summed E-state index contributed by atoms with van der Waals surface area (Å²) in [5.41, 5.74) is 0.139. The van der Waals surface area contributed by atoms with Gasteiger partial charge in [0, 0.05) is 10.5 Å². The van der Waals surface area contributed by atoms with Crippen LogP contribution >= 0.6 is 39.1 Å². The molecule has 0 unspecified atom stereocenters. The van der Waals surface area contributed by atoms with E-state index in [-0.39, 0.29) is 27.9 Å². The molecule has 2 nitrogen and oxygen atoms in total. The summed E-state index contributed by atoms with van der Waals surface area (Å²) in [6.45, 7) is 1.33. The zero-order valence-electron chi connectivity index (χ0n) is 10.2. The Kier molecular flexibility index (Phi) is 4.68. The maximum atomic E-state index is 13.8. The van der Waals surface area contributed by atoms with Crippen LogP contribution in [0.5, 0.6) is 11.5 Å². The predicted molar refractivity (Wildman–Crippen MR) is 80.6 cm³/mol. The molecule has 0 atom stereocenters. The van der Waals surface area contributed by atoms with Gasteiger partial charge in [-0.2, -0.15) is 0 Å². The molecule has 0 bridgehead atoms. The van der Waals surface area contributed by atoms with Crippen molar-refractivity contribution in [2.24, 2.45) is 0 Å². The number of rotatable bonds is 3. The molecule has 0 radical (unpaired) electrons. The molecule has 2 aromatic carbocycles. The number of ketones is 1. The van der Waals surface area contributed by atoms with E-state index in [0.29, 0.717) is 9.50 Å². The van der Waals surface area contributed by atoms with Crippen molar-refractivity contribution in [3.63, 3.8) is 0 Å². The second-order valence-corrected chi connectivity index (χ2v) is 5.64. The van der Waals surface area contributed by atoms with E-state index in [1.807, 2.05) is 0 Å². The van der Waals surface area contributed by atoms with Gasteiger partial charge >= 0.3 is 0 Å².